The molecule has 0 aliphatic rings. The molecule has 3 aromatic rings. The summed E-state index contributed by atoms with van der Waals surface area (Å²) in [7, 11) is 0. The lowest BCUT2D eigenvalue weighted by Gasteiger charge is -2.20. The van der Waals surface area contributed by atoms with Gasteiger partial charge in [0.25, 0.3) is 5.91 Å². The highest BCUT2D eigenvalue weighted by molar-refractivity contribution is 7.13. The van der Waals surface area contributed by atoms with E-state index in [-0.39, 0.29) is 5.91 Å². The molecule has 0 aliphatic heterocycles. The first kappa shape index (κ1) is 13.5. The van der Waals surface area contributed by atoms with Crippen LogP contribution in [0.4, 0.5) is 10.8 Å². The Morgan fingerprint density at radius 3 is 2.76 bits per heavy atom. The van der Waals surface area contributed by atoms with E-state index in [0.29, 0.717) is 10.7 Å². The van der Waals surface area contributed by atoms with Crippen LogP contribution >= 0.6 is 11.3 Å². The first-order valence-electron chi connectivity index (χ1n) is 6.53. The van der Waals surface area contributed by atoms with Crippen LogP contribution in [0.1, 0.15) is 15.9 Å². The van der Waals surface area contributed by atoms with E-state index in [1.807, 2.05) is 54.8 Å². The lowest BCUT2D eigenvalue weighted by molar-refractivity contribution is 0.0998. The van der Waals surface area contributed by atoms with Crippen LogP contribution in [0.15, 0.2) is 60.1 Å². The van der Waals surface area contributed by atoms with E-state index in [4.69, 9.17) is 0 Å². The topological polar surface area (TPSA) is 33.2 Å². The number of thiazole rings is 1. The van der Waals surface area contributed by atoms with E-state index in [0.717, 1.165) is 11.3 Å². The van der Waals surface area contributed by atoms with Crippen LogP contribution in [0.5, 0.6) is 0 Å². The lowest BCUT2D eigenvalue weighted by atomic mass is 10.1. The summed E-state index contributed by atoms with van der Waals surface area (Å²) >= 11 is 1.43. The summed E-state index contributed by atoms with van der Waals surface area (Å²) < 4.78 is 0. The molecule has 0 fully saturated rings. The van der Waals surface area contributed by atoms with Crippen LogP contribution in [-0.4, -0.2) is 10.9 Å². The van der Waals surface area contributed by atoms with Gasteiger partial charge in [0.1, 0.15) is 0 Å². The van der Waals surface area contributed by atoms with Crippen molar-refractivity contribution in [2.45, 2.75) is 6.92 Å². The highest BCUT2D eigenvalue weighted by Crippen LogP contribution is 2.29. The molecular weight excluding hydrogens is 280 g/mol. The summed E-state index contributed by atoms with van der Waals surface area (Å²) in [5.41, 5.74) is 2.39. The Morgan fingerprint density at radius 1 is 1.24 bits per heavy atom. The van der Waals surface area contributed by atoms with Crippen molar-refractivity contribution in [1.29, 1.82) is 0 Å². The molecule has 3 nitrogen and oxygen atoms in total. The number of carbonyl (C=O) groups excluding carboxylic acids is 1. The number of rotatable bonds is 3. The molecular formula is C17H13N2OS. The molecule has 0 bridgehead atoms. The molecule has 0 saturated carbocycles. The van der Waals surface area contributed by atoms with Crippen LogP contribution in [0.2, 0.25) is 0 Å². The van der Waals surface area contributed by atoms with E-state index in [1.165, 1.54) is 11.3 Å². The maximum Gasteiger partial charge on any atom is 0.264 e. The van der Waals surface area contributed by atoms with Gasteiger partial charge in [0.05, 0.1) is 5.69 Å². The second-order valence-electron chi connectivity index (χ2n) is 4.53. The van der Waals surface area contributed by atoms with E-state index in [1.54, 1.807) is 17.2 Å². The predicted molar refractivity (Wildman–Crippen MR) is 85.0 cm³/mol. The minimum atomic E-state index is -0.0809. The molecule has 3 rings (SSSR count). The summed E-state index contributed by atoms with van der Waals surface area (Å²) in [6, 6.07) is 17.9. The predicted octanol–water partition coefficient (Wildman–Crippen LogP) is 4.23. The van der Waals surface area contributed by atoms with Gasteiger partial charge in [-0.2, -0.15) is 0 Å². The fourth-order valence-corrected chi connectivity index (χ4v) is 2.76. The highest BCUT2D eigenvalue weighted by Gasteiger charge is 2.22. The fraction of sp³-hybridized carbons (Fsp3) is 0.0588. The van der Waals surface area contributed by atoms with Crippen LogP contribution in [0, 0.1) is 13.0 Å². The van der Waals surface area contributed by atoms with E-state index < -0.39 is 0 Å². The van der Waals surface area contributed by atoms with Gasteiger partial charge < -0.3 is 0 Å². The van der Waals surface area contributed by atoms with Crippen molar-refractivity contribution < 1.29 is 4.79 Å². The van der Waals surface area contributed by atoms with Crippen molar-refractivity contribution in [3.05, 3.63) is 77.3 Å². The third kappa shape index (κ3) is 2.71. The highest BCUT2D eigenvalue weighted by atomic mass is 32.1. The zero-order chi connectivity index (χ0) is 14.7. The standard InChI is InChI=1S/C17H13N2OS/c1-13-7-5-6-10-15(13)16(20)19(17-18-11-12-21-17)14-8-3-2-4-9-14/h2-3,5-12H,1H3. The van der Waals surface area contributed by atoms with Gasteiger partial charge in [-0.1, -0.05) is 30.3 Å². The van der Waals surface area contributed by atoms with Crippen molar-refractivity contribution in [3.8, 4) is 0 Å². The van der Waals surface area contributed by atoms with Gasteiger partial charge in [0.2, 0.25) is 0 Å². The molecule has 21 heavy (non-hydrogen) atoms. The van der Waals surface area contributed by atoms with Gasteiger partial charge in [0, 0.05) is 17.1 Å². The number of carbonyl (C=O) groups is 1. The van der Waals surface area contributed by atoms with Crippen molar-refractivity contribution in [2.24, 2.45) is 0 Å². The van der Waals surface area contributed by atoms with Gasteiger partial charge in [-0.3, -0.25) is 9.69 Å². The van der Waals surface area contributed by atoms with Gasteiger partial charge in [-0.05, 0) is 36.8 Å². The molecule has 0 spiro atoms. The van der Waals surface area contributed by atoms with Gasteiger partial charge >= 0.3 is 0 Å². The summed E-state index contributed by atoms with van der Waals surface area (Å²) in [6.45, 7) is 1.93. The van der Waals surface area contributed by atoms with E-state index in [9.17, 15) is 4.79 Å². The molecule has 0 N–H and O–H groups in total. The van der Waals surface area contributed by atoms with Crippen LogP contribution in [0.3, 0.4) is 0 Å². The Kier molecular flexibility index (Phi) is 3.79. The summed E-state index contributed by atoms with van der Waals surface area (Å²) in [4.78, 5) is 18.9. The third-order valence-electron chi connectivity index (χ3n) is 3.14. The van der Waals surface area contributed by atoms with Gasteiger partial charge in [-0.15, -0.1) is 11.3 Å². The van der Waals surface area contributed by atoms with Gasteiger partial charge in [0.15, 0.2) is 5.13 Å². The zero-order valence-corrected chi connectivity index (χ0v) is 12.3. The number of aromatic nitrogens is 1. The monoisotopic (exact) mass is 293 g/mol. The van der Waals surface area contributed by atoms with Crippen molar-refractivity contribution in [2.75, 3.05) is 4.90 Å². The molecule has 1 heterocycles. The van der Waals surface area contributed by atoms with Crippen LogP contribution in [0.25, 0.3) is 0 Å². The molecule has 0 aliphatic carbocycles. The Balaban J connectivity index is 2.09. The SMILES string of the molecule is Cc1ccccc1C(=O)N(c1c[c]ccc1)c1nccs1. The average molecular weight is 293 g/mol. The first-order chi connectivity index (χ1) is 10.3. The minimum Gasteiger partial charge on any atom is -0.268 e. The van der Waals surface area contributed by atoms with Crippen LogP contribution < -0.4 is 4.90 Å². The second kappa shape index (κ2) is 5.89. The molecule has 0 unspecified atom stereocenters. The zero-order valence-electron chi connectivity index (χ0n) is 11.5. The number of hydrogen-bond acceptors (Lipinski definition) is 3. The number of nitrogens with zero attached hydrogens (tertiary/aromatic N) is 2. The Hall–Kier alpha value is -2.46. The minimum absolute atomic E-state index is 0.0809. The number of anilines is 2. The number of aryl methyl sites for hydroxylation is 1. The average Bonchev–Trinajstić information content (AvgIpc) is 3.03. The number of hydrogen-bond donors (Lipinski definition) is 0. The van der Waals surface area contributed by atoms with Crippen LogP contribution in [-0.2, 0) is 0 Å². The molecule has 4 heteroatoms. The van der Waals surface area contributed by atoms with Crippen molar-refractivity contribution in [1.82, 2.24) is 4.98 Å². The molecule has 103 valence electrons. The molecule has 0 saturated heterocycles. The maximum atomic E-state index is 12.9. The molecule has 1 radical (unpaired) electrons. The lowest BCUT2D eigenvalue weighted by Crippen LogP contribution is -2.26. The third-order valence-corrected chi connectivity index (χ3v) is 3.89. The Morgan fingerprint density at radius 2 is 2.10 bits per heavy atom. The second-order valence-corrected chi connectivity index (χ2v) is 5.40. The largest absolute Gasteiger partial charge is 0.268 e. The van der Waals surface area contributed by atoms with Gasteiger partial charge in [-0.25, -0.2) is 4.98 Å². The Labute approximate surface area is 127 Å². The maximum absolute atomic E-state index is 12.9. The van der Waals surface area contributed by atoms with E-state index >= 15 is 0 Å². The molecule has 2 aromatic carbocycles. The fourth-order valence-electron chi connectivity index (χ4n) is 2.10. The first-order valence-corrected chi connectivity index (χ1v) is 7.41. The van der Waals surface area contributed by atoms with Crippen molar-refractivity contribution in [3.63, 3.8) is 0 Å². The number of benzene rings is 2. The smallest absolute Gasteiger partial charge is 0.264 e. The summed E-state index contributed by atoms with van der Waals surface area (Å²) in [6.07, 6.45) is 1.70. The normalized spacial score (nSPS) is 10.3. The molecule has 0 atom stereocenters. The quantitative estimate of drug-likeness (QED) is 0.724. The van der Waals surface area contributed by atoms with E-state index in [2.05, 4.69) is 11.1 Å². The molecule has 1 amide bonds. The summed E-state index contributed by atoms with van der Waals surface area (Å²) in [5, 5.41) is 2.52. The summed E-state index contributed by atoms with van der Waals surface area (Å²) in [5.74, 6) is -0.0809. The van der Waals surface area contributed by atoms with Crippen molar-refractivity contribution >= 4 is 28.1 Å². The molecule has 1 aromatic heterocycles. The number of amides is 1. The Bertz CT molecular complexity index is 739.